The Morgan fingerprint density at radius 1 is 0.391 bits per heavy atom. The van der Waals surface area contributed by atoms with Gasteiger partial charge in [0.2, 0.25) is 0 Å². The van der Waals surface area contributed by atoms with Crippen molar-refractivity contribution in [1.29, 1.82) is 0 Å². The van der Waals surface area contributed by atoms with Gasteiger partial charge in [0.05, 0.1) is 5.41 Å². The van der Waals surface area contributed by atoms with Gasteiger partial charge in [-0.05, 0) is 84.4 Å². The number of fused-ring (bicyclic) bond motifs is 7. The molecule has 0 nitrogen and oxygen atoms in total. The zero-order valence-corrected chi connectivity index (χ0v) is 25.9. The van der Waals surface area contributed by atoms with E-state index < -0.39 is 5.41 Å². The zero-order chi connectivity index (χ0) is 30.2. The van der Waals surface area contributed by atoms with Crippen molar-refractivity contribution < 1.29 is 0 Å². The van der Waals surface area contributed by atoms with Crippen LogP contribution in [0.15, 0.2) is 180 Å². The summed E-state index contributed by atoms with van der Waals surface area (Å²) in [4.78, 5) is 2.65. The van der Waals surface area contributed by atoms with Crippen molar-refractivity contribution in [2.75, 3.05) is 0 Å². The van der Waals surface area contributed by atoms with Crippen molar-refractivity contribution in [3.63, 3.8) is 0 Å². The van der Waals surface area contributed by atoms with Gasteiger partial charge in [-0.1, -0.05) is 163 Å². The lowest BCUT2D eigenvalue weighted by Gasteiger charge is -2.34. The lowest BCUT2D eigenvalue weighted by atomic mass is 9.67. The first-order chi connectivity index (χ1) is 22.8. The summed E-state index contributed by atoms with van der Waals surface area (Å²) >= 11 is 1.89. The highest BCUT2D eigenvalue weighted by molar-refractivity contribution is 7.99. The molecule has 1 heterocycles. The summed E-state index contributed by atoms with van der Waals surface area (Å²) in [5.41, 5.74) is 12.7. The highest BCUT2D eigenvalue weighted by Gasteiger charge is 2.46. The largest absolute Gasteiger partial charge is 0.0888 e. The molecule has 46 heavy (non-hydrogen) atoms. The molecule has 2 aliphatic rings. The molecule has 0 bridgehead atoms. The van der Waals surface area contributed by atoms with Crippen LogP contribution >= 0.6 is 11.8 Å². The predicted octanol–water partition coefficient (Wildman–Crippen LogP) is 12.2. The van der Waals surface area contributed by atoms with Crippen molar-refractivity contribution in [1.82, 2.24) is 0 Å². The Morgan fingerprint density at radius 3 is 2.00 bits per heavy atom. The summed E-state index contributed by atoms with van der Waals surface area (Å²) in [5.74, 6) is 0. The molecule has 1 atom stereocenters. The molecular formula is C45H28S. The maximum atomic E-state index is 2.47. The van der Waals surface area contributed by atoms with E-state index in [2.05, 4.69) is 170 Å². The Labute approximate surface area is 273 Å². The number of hydrogen-bond donors (Lipinski definition) is 0. The Kier molecular flexibility index (Phi) is 5.53. The summed E-state index contributed by atoms with van der Waals surface area (Å²) in [5, 5.41) is 5.24. The van der Waals surface area contributed by atoms with Crippen LogP contribution in [0.3, 0.4) is 0 Å². The topological polar surface area (TPSA) is 0 Å². The van der Waals surface area contributed by atoms with E-state index in [1.54, 1.807) is 0 Å². The minimum Gasteiger partial charge on any atom is -0.0888 e. The molecule has 0 aromatic heterocycles. The highest BCUT2D eigenvalue weighted by Crippen LogP contribution is 2.58. The molecule has 0 saturated carbocycles. The van der Waals surface area contributed by atoms with Crippen molar-refractivity contribution >= 4 is 33.3 Å². The lowest BCUT2D eigenvalue weighted by molar-refractivity contribution is 0.769. The molecule has 10 rings (SSSR count). The van der Waals surface area contributed by atoms with Crippen LogP contribution in [0.5, 0.6) is 0 Å². The van der Waals surface area contributed by atoms with E-state index in [1.165, 1.54) is 87.0 Å². The second kappa shape index (κ2) is 9.81. The minimum atomic E-state index is -0.455. The third kappa shape index (κ3) is 3.47. The van der Waals surface area contributed by atoms with Gasteiger partial charge in [0.15, 0.2) is 0 Å². The zero-order valence-electron chi connectivity index (χ0n) is 25.1. The van der Waals surface area contributed by atoms with Gasteiger partial charge in [-0.25, -0.2) is 0 Å². The second-order valence-electron chi connectivity index (χ2n) is 12.4. The molecule has 0 saturated heterocycles. The van der Waals surface area contributed by atoms with Gasteiger partial charge in [-0.2, -0.15) is 0 Å². The van der Waals surface area contributed by atoms with Crippen LogP contribution in [0, 0.1) is 0 Å². The molecule has 0 spiro atoms. The smallest absolute Gasteiger partial charge is 0.0714 e. The fraction of sp³-hybridized carbons (Fsp3) is 0.0222. The average molecular weight is 601 g/mol. The van der Waals surface area contributed by atoms with Crippen molar-refractivity contribution in [2.45, 2.75) is 15.2 Å². The molecule has 0 N–H and O–H groups in total. The quantitative estimate of drug-likeness (QED) is 0.194. The Hall–Kier alpha value is -5.37. The van der Waals surface area contributed by atoms with Gasteiger partial charge >= 0.3 is 0 Å². The van der Waals surface area contributed by atoms with Crippen LogP contribution < -0.4 is 0 Å². The summed E-state index contributed by atoms with van der Waals surface area (Å²) in [6.45, 7) is 0. The van der Waals surface area contributed by atoms with Gasteiger partial charge in [0, 0.05) is 20.7 Å². The van der Waals surface area contributed by atoms with Crippen LogP contribution in [0.2, 0.25) is 0 Å². The van der Waals surface area contributed by atoms with Crippen LogP contribution in [0.4, 0.5) is 0 Å². The van der Waals surface area contributed by atoms with E-state index in [4.69, 9.17) is 0 Å². The van der Waals surface area contributed by atoms with Crippen molar-refractivity contribution in [2.24, 2.45) is 0 Å². The van der Waals surface area contributed by atoms with Crippen LogP contribution in [-0.4, -0.2) is 0 Å². The van der Waals surface area contributed by atoms with Crippen molar-refractivity contribution in [3.8, 4) is 33.4 Å². The Morgan fingerprint density at radius 2 is 1.07 bits per heavy atom. The van der Waals surface area contributed by atoms with E-state index in [1.807, 2.05) is 11.8 Å². The molecule has 0 fully saturated rings. The standard InChI is InChI=1S/C45H28S/c1-2-16-32(17-3-1)45(38-23-7-6-20-36(38)43-34-19-5-4-12-29(34)26-27-39(43)45)33-18-8-15-31(28-33)35-21-11-25-41-44(35)37-22-9-13-30-14-10-24-40(46-41)42(30)37/h1-28H. The fourth-order valence-electron chi connectivity index (χ4n) is 8.30. The maximum Gasteiger partial charge on any atom is 0.0714 e. The first-order valence-corrected chi connectivity index (χ1v) is 16.8. The molecule has 1 aliphatic heterocycles. The van der Waals surface area contributed by atoms with Gasteiger partial charge in [0.1, 0.15) is 0 Å². The van der Waals surface area contributed by atoms with E-state index in [-0.39, 0.29) is 0 Å². The first-order valence-electron chi connectivity index (χ1n) is 15.9. The number of rotatable bonds is 3. The molecule has 214 valence electrons. The molecule has 8 aromatic carbocycles. The van der Waals surface area contributed by atoms with Crippen LogP contribution in [0.1, 0.15) is 22.3 Å². The molecular weight excluding hydrogens is 573 g/mol. The highest BCUT2D eigenvalue weighted by atomic mass is 32.2. The van der Waals surface area contributed by atoms with Gasteiger partial charge in [0.25, 0.3) is 0 Å². The number of benzene rings is 8. The maximum absolute atomic E-state index is 2.47. The average Bonchev–Trinajstić information content (AvgIpc) is 3.44. The molecule has 0 radical (unpaired) electrons. The Balaban J connectivity index is 1.28. The molecule has 8 aromatic rings. The van der Waals surface area contributed by atoms with Gasteiger partial charge in [-0.3, -0.25) is 0 Å². The van der Waals surface area contributed by atoms with E-state index in [0.717, 1.165) is 0 Å². The predicted molar refractivity (Wildman–Crippen MR) is 194 cm³/mol. The third-order valence-electron chi connectivity index (χ3n) is 10.1. The first kappa shape index (κ1) is 25.9. The molecule has 1 unspecified atom stereocenters. The van der Waals surface area contributed by atoms with Crippen LogP contribution in [-0.2, 0) is 5.41 Å². The second-order valence-corrected chi connectivity index (χ2v) is 13.5. The summed E-state index contributed by atoms with van der Waals surface area (Å²) in [6.07, 6.45) is 0. The van der Waals surface area contributed by atoms with Gasteiger partial charge in [-0.15, -0.1) is 0 Å². The van der Waals surface area contributed by atoms with E-state index >= 15 is 0 Å². The van der Waals surface area contributed by atoms with Crippen LogP contribution in [0.25, 0.3) is 54.9 Å². The summed E-state index contributed by atoms with van der Waals surface area (Å²) < 4.78 is 0. The summed E-state index contributed by atoms with van der Waals surface area (Å²) in [7, 11) is 0. The fourth-order valence-corrected chi connectivity index (χ4v) is 9.48. The normalized spacial score (nSPS) is 15.8. The molecule has 0 amide bonds. The monoisotopic (exact) mass is 600 g/mol. The lowest BCUT2D eigenvalue weighted by Crippen LogP contribution is -2.28. The number of hydrogen-bond acceptors (Lipinski definition) is 1. The third-order valence-corrected chi connectivity index (χ3v) is 11.2. The SMILES string of the molecule is c1ccc(C2(c3cccc(-c4cccc5c4-c4cccc6cccc(c46)S5)c3)c3ccccc3-c3c2ccc2ccccc32)cc1. The van der Waals surface area contributed by atoms with E-state index in [0.29, 0.717) is 0 Å². The molecule has 1 aliphatic carbocycles. The van der Waals surface area contributed by atoms with E-state index in [9.17, 15) is 0 Å². The minimum absolute atomic E-state index is 0.455. The van der Waals surface area contributed by atoms with Crippen molar-refractivity contribution in [3.05, 3.63) is 192 Å². The Bertz CT molecular complexity index is 2500. The molecule has 1 heteroatoms. The summed E-state index contributed by atoms with van der Waals surface area (Å²) in [6, 6.07) is 63.3. The van der Waals surface area contributed by atoms with Gasteiger partial charge < -0.3 is 0 Å².